The Morgan fingerprint density at radius 2 is 1.79 bits per heavy atom. The molecule has 0 bridgehead atoms. The van der Waals surface area contributed by atoms with Gasteiger partial charge in [0.05, 0.1) is 0 Å². The predicted octanol–water partition coefficient (Wildman–Crippen LogP) is 4.90. The van der Waals surface area contributed by atoms with Gasteiger partial charge in [-0.2, -0.15) is 0 Å². The highest BCUT2D eigenvalue weighted by molar-refractivity contribution is 5.48. The van der Waals surface area contributed by atoms with E-state index in [2.05, 4.69) is 53.5 Å². The molecule has 1 nitrogen and oxygen atoms in total. The summed E-state index contributed by atoms with van der Waals surface area (Å²) in [7, 11) is 0. The van der Waals surface area contributed by atoms with E-state index in [1.54, 1.807) is 0 Å². The summed E-state index contributed by atoms with van der Waals surface area (Å²) in [6.45, 7) is 0. The first kappa shape index (κ1) is 13.5. The molecule has 0 N–H and O–H groups in total. The van der Waals surface area contributed by atoms with Crippen LogP contribution < -0.4 is 0 Å². The standard InChI is InChI=1S/C18H21N/c1(2-5-10-17-11-7-4-8-12-17)3-6-13-18-14-9-15-19-16-18/h4-5,7-12,14-16H,1-3,6,13H2/b10-5+. The molecule has 0 amide bonds. The van der Waals surface area contributed by atoms with Gasteiger partial charge in [0, 0.05) is 12.4 Å². The molecule has 0 radical (unpaired) electrons. The van der Waals surface area contributed by atoms with E-state index in [-0.39, 0.29) is 0 Å². The minimum Gasteiger partial charge on any atom is -0.264 e. The topological polar surface area (TPSA) is 12.9 Å². The molecular formula is C18H21N. The van der Waals surface area contributed by atoms with Gasteiger partial charge in [-0.15, -0.1) is 0 Å². The van der Waals surface area contributed by atoms with E-state index >= 15 is 0 Å². The predicted molar refractivity (Wildman–Crippen MR) is 81.9 cm³/mol. The molecule has 1 heterocycles. The molecule has 1 heteroatoms. The van der Waals surface area contributed by atoms with Crippen molar-refractivity contribution in [1.82, 2.24) is 4.98 Å². The van der Waals surface area contributed by atoms with Crippen LogP contribution in [0.1, 0.15) is 36.8 Å². The van der Waals surface area contributed by atoms with Gasteiger partial charge in [-0.3, -0.25) is 4.98 Å². The third-order valence-electron chi connectivity index (χ3n) is 3.17. The fraction of sp³-hybridized carbons (Fsp3) is 0.278. The van der Waals surface area contributed by atoms with Gasteiger partial charge in [0.15, 0.2) is 0 Å². The fourth-order valence-electron chi connectivity index (χ4n) is 2.10. The maximum Gasteiger partial charge on any atom is 0.0299 e. The number of hydrogen-bond acceptors (Lipinski definition) is 1. The Labute approximate surface area is 116 Å². The molecule has 0 aliphatic heterocycles. The second-order valence-corrected chi connectivity index (χ2v) is 4.77. The largest absolute Gasteiger partial charge is 0.264 e. The lowest BCUT2D eigenvalue weighted by molar-refractivity contribution is 0.686. The summed E-state index contributed by atoms with van der Waals surface area (Å²) in [5.74, 6) is 0. The van der Waals surface area contributed by atoms with Gasteiger partial charge in [0.25, 0.3) is 0 Å². The number of allylic oxidation sites excluding steroid dienone is 1. The summed E-state index contributed by atoms with van der Waals surface area (Å²) in [5.41, 5.74) is 2.64. The van der Waals surface area contributed by atoms with E-state index in [4.69, 9.17) is 0 Å². The molecule has 0 aliphatic rings. The van der Waals surface area contributed by atoms with E-state index in [9.17, 15) is 0 Å². The number of unbranched alkanes of at least 4 members (excludes halogenated alkanes) is 3. The number of aromatic nitrogens is 1. The van der Waals surface area contributed by atoms with E-state index in [0.29, 0.717) is 0 Å². The molecular weight excluding hydrogens is 230 g/mol. The average molecular weight is 251 g/mol. The van der Waals surface area contributed by atoms with Crippen LogP contribution in [0.3, 0.4) is 0 Å². The number of hydrogen-bond donors (Lipinski definition) is 0. The van der Waals surface area contributed by atoms with Crippen molar-refractivity contribution >= 4 is 6.08 Å². The van der Waals surface area contributed by atoms with Crippen LogP contribution in [0, 0.1) is 0 Å². The van der Waals surface area contributed by atoms with Gasteiger partial charge < -0.3 is 0 Å². The lowest BCUT2D eigenvalue weighted by atomic mass is 10.1. The van der Waals surface area contributed by atoms with Crippen LogP contribution in [0.25, 0.3) is 6.08 Å². The molecule has 0 fully saturated rings. The summed E-state index contributed by atoms with van der Waals surface area (Å²) < 4.78 is 0. The highest BCUT2D eigenvalue weighted by atomic mass is 14.6. The Hall–Kier alpha value is -1.89. The van der Waals surface area contributed by atoms with Crippen LogP contribution in [0.15, 0.2) is 60.9 Å². The zero-order valence-corrected chi connectivity index (χ0v) is 11.3. The van der Waals surface area contributed by atoms with E-state index in [1.165, 1.54) is 36.8 Å². The first-order valence-corrected chi connectivity index (χ1v) is 7.05. The van der Waals surface area contributed by atoms with Crippen LogP contribution >= 0.6 is 0 Å². The number of rotatable bonds is 7. The number of aryl methyl sites for hydroxylation is 1. The number of benzene rings is 1. The number of pyridine rings is 1. The van der Waals surface area contributed by atoms with Crippen molar-refractivity contribution in [1.29, 1.82) is 0 Å². The molecule has 2 aromatic rings. The Morgan fingerprint density at radius 1 is 0.895 bits per heavy atom. The van der Waals surface area contributed by atoms with Gasteiger partial charge in [0.2, 0.25) is 0 Å². The van der Waals surface area contributed by atoms with Crippen molar-refractivity contribution in [2.45, 2.75) is 32.1 Å². The smallest absolute Gasteiger partial charge is 0.0299 e. The molecule has 0 saturated carbocycles. The second-order valence-electron chi connectivity index (χ2n) is 4.77. The lowest BCUT2D eigenvalue weighted by Crippen LogP contribution is -1.86. The summed E-state index contributed by atoms with van der Waals surface area (Å²) in [6, 6.07) is 14.6. The minimum absolute atomic E-state index is 1.15. The molecule has 19 heavy (non-hydrogen) atoms. The van der Waals surface area contributed by atoms with Crippen molar-refractivity contribution in [2.24, 2.45) is 0 Å². The SMILES string of the molecule is C(=C\c1ccccc1)/CCCCCc1cccnc1. The van der Waals surface area contributed by atoms with Crippen LogP contribution in [-0.4, -0.2) is 4.98 Å². The van der Waals surface area contributed by atoms with Crippen molar-refractivity contribution in [3.63, 3.8) is 0 Å². The van der Waals surface area contributed by atoms with Crippen molar-refractivity contribution in [3.8, 4) is 0 Å². The first-order valence-electron chi connectivity index (χ1n) is 7.05. The van der Waals surface area contributed by atoms with Crippen LogP contribution in [0.4, 0.5) is 0 Å². The Balaban J connectivity index is 1.56. The van der Waals surface area contributed by atoms with Gasteiger partial charge in [-0.05, 0) is 42.9 Å². The second kappa shape index (κ2) is 8.25. The first-order chi connectivity index (χ1) is 9.45. The Bertz CT molecular complexity index is 474. The monoisotopic (exact) mass is 251 g/mol. The summed E-state index contributed by atoms with van der Waals surface area (Å²) in [6.07, 6.45) is 14.4. The zero-order valence-electron chi connectivity index (χ0n) is 11.3. The van der Waals surface area contributed by atoms with Gasteiger partial charge in [-0.25, -0.2) is 0 Å². The molecule has 0 spiro atoms. The molecule has 0 saturated heterocycles. The minimum atomic E-state index is 1.15. The molecule has 0 atom stereocenters. The third kappa shape index (κ3) is 5.52. The van der Waals surface area contributed by atoms with Crippen LogP contribution in [0.2, 0.25) is 0 Å². The highest BCUT2D eigenvalue weighted by Crippen LogP contribution is 2.08. The molecule has 1 aromatic heterocycles. The molecule has 0 unspecified atom stereocenters. The summed E-state index contributed by atoms with van der Waals surface area (Å²) in [5, 5.41) is 0. The van der Waals surface area contributed by atoms with E-state index < -0.39 is 0 Å². The Kier molecular flexibility index (Phi) is 5.88. The number of nitrogens with zero attached hydrogens (tertiary/aromatic N) is 1. The molecule has 98 valence electrons. The van der Waals surface area contributed by atoms with Gasteiger partial charge in [0.1, 0.15) is 0 Å². The molecule has 1 aromatic carbocycles. The van der Waals surface area contributed by atoms with Crippen molar-refractivity contribution in [3.05, 3.63) is 72.1 Å². The molecule has 2 rings (SSSR count). The average Bonchev–Trinajstić information content (AvgIpc) is 2.48. The maximum atomic E-state index is 4.14. The van der Waals surface area contributed by atoms with E-state index in [0.717, 1.165) is 6.42 Å². The summed E-state index contributed by atoms with van der Waals surface area (Å²) in [4.78, 5) is 4.14. The summed E-state index contributed by atoms with van der Waals surface area (Å²) >= 11 is 0. The van der Waals surface area contributed by atoms with Crippen molar-refractivity contribution in [2.75, 3.05) is 0 Å². The zero-order chi connectivity index (χ0) is 13.2. The Morgan fingerprint density at radius 3 is 2.58 bits per heavy atom. The fourth-order valence-corrected chi connectivity index (χ4v) is 2.10. The van der Waals surface area contributed by atoms with Crippen molar-refractivity contribution < 1.29 is 0 Å². The van der Waals surface area contributed by atoms with E-state index in [1.807, 2.05) is 18.5 Å². The maximum absolute atomic E-state index is 4.14. The van der Waals surface area contributed by atoms with Crippen LogP contribution in [-0.2, 0) is 6.42 Å². The van der Waals surface area contributed by atoms with Gasteiger partial charge in [-0.1, -0.05) is 55.0 Å². The highest BCUT2D eigenvalue weighted by Gasteiger charge is 1.92. The van der Waals surface area contributed by atoms with Crippen LogP contribution in [0.5, 0.6) is 0 Å². The van der Waals surface area contributed by atoms with Gasteiger partial charge >= 0.3 is 0 Å². The normalized spacial score (nSPS) is 10.9. The lowest BCUT2D eigenvalue weighted by Gasteiger charge is -1.99. The molecule has 0 aliphatic carbocycles. The third-order valence-corrected chi connectivity index (χ3v) is 3.17. The quantitative estimate of drug-likeness (QED) is 0.638.